The molecule has 23 heavy (non-hydrogen) atoms. The van der Waals surface area contributed by atoms with Crippen LogP contribution in [0.4, 0.5) is 5.69 Å². The number of halogens is 1. The van der Waals surface area contributed by atoms with E-state index in [9.17, 15) is 14.4 Å². The fourth-order valence-electron chi connectivity index (χ4n) is 2.12. The first-order valence-corrected chi connectivity index (χ1v) is 7.21. The SMILES string of the molecule is Nc1c(C(=O)CCC(=O)O)cccc1C(=O)c1ccc(Cl)cc1. The van der Waals surface area contributed by atoms with Crippen molar-refractivity contribution in [2.24, 2.45) is 0 Å². The Bertz CT molecular complexity index is 769. The molecule has 0 aliphatic carbocycles. The van der Waals surface area contributed by atoms with Gasteiger partial charge in [0.1, 0.15) is 0 Å². The van der Waals surface area contributed by atoms with Gasteiger partial charge in [0.25, 0.3) is 0 Å². The molecule has 0 radical (unpaired) electrons. The Kier molecular flexibility index (Phi) is 5.13. The monoisotopic (exact) mass is 331 g/mol. The van der Waals surface area contributed by atoms with Crippen molar-refractivity contribution in [3.8, 4) is 0 Å². The number of benzene rings is 2. The lowest BCUT2D eigenvalue weighted by Gasteiger charge is -2.09. The molecule has 0 saturated carbocycles. The standard InChI is InChI=1S/C17H14ClNO4/c18-11-6-4-10(5-7-11)17(23)13-3-1-2-12(16(13)19)14(20)8-9-15(21)22/h1-7H,8-9,19H2,(H,21,22). The Morgan fingerprint density at radius 3 is 2.17 bits per heavy atom. The summed E-state index contributed by atoms with van der Waals surface area (Å²) >= 11 is 5.79. The number of carbonyl (C=O) groups excluding carboxylic acids is 2. The van der Waals surface area contributed by atoms with Crippen molar-refractivity contribution in [1.82, 2.24) is 0 Å². The molecular weight excluding hydrogens is 318 g/mol. The third kappa shape index (κ3) is 3.96. The number of nitrogens with two attached hydrogens (primary N) is 1. The zero-order valence-electron chi connectivity index (χ0n) is 12.1. The molecule has 0 spiro atoms. The molecule has 0 unspecified atom stereocenters. The summed E-state index contributed by atoms with van der Waals surface area (Å²) < 4.78 is 0. The Hall–Kier alpha value is -2.66. The largest absolute Gasteiger partial charge is 0.481 e. The molecule has 0 heterocycles. The van der Waals surface area contributed by atoms with Gasteiger partial charge < -0.3 is 10.8 Å². The van der Waals surface area contributed by atoms with Gasteiger partial charge in [-0.3, -0.25) is 14.4 Å². The van der Waals surface area contributed by atoms with Crippen molar-refractivity contribution in [3.63, 3.8) is 0 Å². The van der Waals surface area contributed by atoms with Crippen molar-refractivity contribution in [3.05, 3.63) is 64.2 Å². The van der Waals surface area contributed by atoms with Crippen LogP contribution in [0.25, 0.3) is 0 Å². The summed E-state index contributed by atoms with van der Waals surface area (Å²) in [4.78, 5) is 35.1. The second-order valence-electron chi connectivity index (χ2n) is 4.92. The number of carboxylic acid groups (broad SMARTS) is 1. The van der Waals surface area contributed by atoms with Gasteiger partial charge in [0, 0.05) is 28.1 Å². The van der Waals surface area contributed by atoms with Gasteiger partial charge in [-0.15, -0.1) is 0 Å². The van der Waals surface area contributed by atoms with Crippen LogP contribution in [-0.4, -0.2) is 22.6 Å². The molecule has 0 bridgehead atoms. The Morgan fingerprint density at radius 1 is 0.957 bits per heavy atom. The second-order valence-corrected chi connectivity index (χ2v) is 5.36. The van der Waals surface area contributed by atoms with Crippen LogP contribution in [0.2, 0.25) is 5.02 Å². The zero-order chi connectivity index (χ0) is 17.0. The zero-order valence-corrected chi connectivity index (χ0v) is 12.8. The molecule has 0 aromatic heterocycles. The molecule has 2 aromatic rings. The minimum atomic E-state index is -1.06. The molecule has 6 heteroatoms. The van der Waals surface area contributed by atoms with Crippen LogP contribution in [0.3, 0.4) is 0 Å². The maximum Gasteiger partial charge on any atom is 0.303 e. The van der Waals surface area contributed by atoms with E-state index in [4.69, 9.17) is 22.4 Å². The first-order chi connectivity index (χ1) is 10.9. The molecule has 0 atom stereocenters. The van der Waals surface area contributed by atoms with E-state index in [1.807, 2.05) is 0 Å². The number of carboxylic acids is 1. The Morgan fingerprint density at radius 2 is 1.57 bits per heavy atom. The lowest BCUT2D eigenvalue weighted by molar-refractivity contribution is -0.136. The number of hydrogen-bond donors (Lipinski definition) is 2. The number of Topliss-reactive ketones (excluding diaryl/α,β-unsaturated/α-hetero) is 1. The van der Waals surface area contributed by atoms with Crippen molar-refractivity contribution >= 4 is 34.8 Å². The fourth-order valence-corrected chi connectivity index (χ4v) is 2.24. The molecule has 0 aliphatic rings. The third-order valence-electron chi connectivity index (χ3n) is 3.32. The molecule has 2 rings (SSSR count). The van der Waals surface area contributed by atoms with E-state index in [0.717, 1.165) is 0 Å². The van der Waals surface area contributed by atoms with E-state index in [-0.39, 0.29) is 35.4 Å². The van der Waals surface area contributed by atoms with E-state index in [0.29, 0.717) is 10.6 Å². The molecular formula is C17H14ClNO4. The number of ketones is 2. The highest BCUT2D eigenvalue weighted by atomic mass is 35.5. The first kappa shape index (κ1) is 16.7. The van der Waals surface area contributed by atoms with Crippen LogP contribution >= 0.6 is 11.6 Å². The van der Waals surface area contributed by atoms with E-state index < -0.39 is 11.8 Å². The molecule has 118 valence electrons. The number of nitrogen functional groups attached to an aromatic ring is 1. The number of para-hydroxylation sites is 1. The highest BCUT2D eigenvalue weighted by Crippen LogP contribution is 2.23. The minimum absolute atomic E-state index is 0.0582. The fraction of sp³-hybridized carbons (Fsp3) is 0.118. The quantitative estimate of drug-likeness (QED) is 0.625. The molecule has 0 aliphatic heterocycles. The maximum absolute atomic E-state index is 12.5. The second kappa shape index (κ2) is 7.07. The van der Waals surface area contributed by atoms with Crippen molar-refractivity contribution in [2.45, 2.75) is 12.8 Å². The van der Waals surface area contributed by atoms with E-state index in [1.54, 1.807) is 30.3 Å². The predicted molar refractivity (Wildman–Crippen MR) is 86.9 cm³/mol. The van der Waals surface area contributed by atoms with Gasteiger partial charge in [-0.1, -0.05) is 17.7 Å². The summed E-state index contributed by atoms with van der Waals surface area (Å²) in [6, 6.07) is 10.9. The first-order valence-electron chi connectivity index (χ1n) is 6.84. The molecule has 0 fully saturated rings. The normalized spacial score (nSPS) is 10.3. The van der Waals surface area contributed by atoms with Gasteiger partial charge in [0.15, 0.2) is 11.6 Å². The summed E-state index contributed by atoms with van der Waals surface area (Å²) in [5.74, 6) is -1.80. The van der Waals surface area contributed by atoms with Gasteiger partial charge in [-0.05, 0) is 36.4 Å². The van der Waals surface area contributed by atoms with Crippen LogP contribution in [0, 0.1) is 0 Å². The van der Waals surface area contributed by atoms with Crippen molar-refractivity contribution in [2.75, 3.05) is 5.73 Å². The number of rotatable bonds is 6. The lowest BCUT2D eigenvalue weighted by Crippen LogP contribution is -2.11. The average Bonchev–Trinajstić information content (AvgIpc) is 2.53. The predicted octanol–water partition coefficient (Wildman–Crippen LogP) is 3.20. The highest BCUT2D eigenvalue weighted by molar-refractivity contribution is 6.30. The average molecular weight is 332 g/mol. The molecule has 2 aromatic carbocycles. The third-order valence-corrected chi connectivity index (χ3v) is 3.58. The summed E-state index contributed by atoms with van der Waals surface area (Å²) in [7, 11) is 0. The topological polar surface area (TPSA) is 97.5 Å². The summed E-state index contributed by atoms with van der Waals surface area (Å²) in [6.45, 7) is 0. The number of anilines is 1. The number of hydrogen-bond acceptors (Lipinski definition) is 4. The van der Waals surface area contributed by atoms with Gasteiger partial charge in [-0.25, -0.2) is 0 Å². The Labute approximate surface area is 137 Å². The maximum atomic E-state index is 12.5. The Balaban J connectivity index is 2.32. The molecule has 5 nitrogen and oxygen atoms in total. The van der Waals surface area contributed by atoms with Gasteiger partial charge in [0.2, 0.25) is 0 Å². The van der Waals surface area contributed by atoms with Gasteiger partial charge in [0.05, 0.1) is 12.1 Å². The summed E-state index contributed by atoms with van der Waals surface area (Å²) in [6.07, 6.45) is -0.453. The van der Waals surface area contributed by atoms with E-state index in [1.165, 1.54) is 12.1 Å². The smallest absolute Gasteiger partial charge is 0.303 e. The molecule has 0 saturated heterocycles. The van der Waals surface area contributed by atoms with Crippen LogP contribution in [0.1, 0.15) is 39.1 Å². The van der Waals surface area contributed by atoms with Crippen LogP contribution < -0.4 is 5.73 Å². The van der Waals surface area contributed by atoms with Crippen LogP contribution in [0.5, 0.6) is 0 Å². The van der Waals surface area contributed by atoms with E-state index >= 15 is 0 Å². The van der Waals surface area contributed by atoms with Gasteiger partial charge in [-0.2, -0.15) is 0 Å². The molecule has 3 N–H and O–H groups in total. The van der Waals surface area contributed by atoms with Crippen LogP contribution in [0.15, 0.2) is 42.5 Å². The van der Waals surface area contributed by atoms with E-state index in [2.05, 4.69) is 0 Å². The summed E-state index contributed by atoms with van der Waals surface area (Å²) in [5, 5.41) is 9.15. The molecule has 0 amide bonds. The lowest BCUT2D eigenvalue weighted by atomic mass is 9.96. The summed E-state index contributed by atoms with van der Waals surface area (Å²) in [5.41, 5.74) is 6.76. The van der Waals surface area contributed by atoms with Crippen molar-refractivity contribution < 1.29 is 19.5 Å². The highest BCUT2D eigenvalue weighted by Gasteiger charge is 2.18. The van der Waals surface area contributed by atoms with Crippen molar-refractivity contribution in [1.29, 1.82) is 0 Å². The van der Waals surface area contributed by atoms with Crippen LogP contribution in [-0.2, 0) is 4.79 Å². The minimum Gasteiger partial charge on any atom is -0.481 e. The number of carbonyl (C=O) groups is 3. The number of aliphatic carboxylic acids is 1. The van der Waals surface area contributed by atoms with Gasteiger partial charge >= 0.3 is 5.97 Å².